The Bertz CT molecular complexity index is 1040. The fraction of sp³-hybridized carbons (Fsp3) is 0.316. The van der Waals surface area contributed by atoms with Crippen LogP contribution in [0.1, 0.15) is 33.2 Å². The van der Waals surface area contributed by atoms with Crippen LogP contribution in [0.25, 0.3) is 0 Å². The van der Waals surface area contributed by atoms with E-state index in [0.717, 1.165) is 0 Å². The van der Waals surface area contributed by atoms with Gasteiger partial charge in [0, 0.05) is 35.8 Å². The van der Waals surface area contributed by atoms with Crippen LogP contribution in [-0.4, -0.2) is 43.0 Å². The van der Waals surface area contributed by atoms with E-state index in [0.29, 0.717) is 0 Å². The summed E-state index contributed by atoms with van der Waals surface area (Å²) in [7, 11) is -3.66. The molecule has 2 aromatic carbocycles. The average molecular weight is 406 g/mol. The second kappa shape index (κ2) is 7.67. The number of sulfone groups is 1. The molecular formula is C19H19FN2O5S. The van der Waals surface area contributed by atoms with Crippen LogP contribution in [-0.2, 0) is 9.84 Å². The lowest BCUT2D eigenvalue weighted by Crippen LogP contribution is -2.34. The third kappa shape index (κ3) is 3.75. The lowest BCUT2D eigenvalue weighted by atomic mass is 10.0. The molecule has 0 N–H and O–H groups in total. The number of halogens is 1. The van der Waals surface area contributed by atoms with Gasteiger partial charge in [0.2, 0.25) is 0 Å². The molecular weight excluding hydrogens is 387 g/mol. The Hall–Kier alpha value is -2.81. The molecule has 2 aromatic rings. The molecule has 1 saturated heterocycles. The molecule has 1 heterocycles. The maximum atomic E-state index is 14.1. The summed E-state index contributed by atoms with van der Waals surface area (Å²) < 4.78 is 39.5. The number of carbonyl (C=O) groups is 1. The van der Waals surface area contributed by atoms with Gasteiger partial charge in [-0.25, -0.2) is 12.8 Å². The number of carbonyl (C=O) groups excluding carboxylic acids is 1. The van der Waals surface area contributed by atoms with Gasteiger partial charge < -0.3 is 4.90 Å². The summed E-state index contributed by atoms with van der Waals surface area (Å²) in [6.07, 6.45) is 0.0585. The van der Waals surface area contributed by atoms with Crippen LogP contribution in [0.3, 0.4) is 0 Å². The van der Waals surface area contributed by atoms with E-state index in [1.807, 2.05) is 0 Å². The summed E-state index contributed by atoms with van der Waals surface area (Å²) in [5.41, 5.74) is 0.326. The van der Waals surface area contributed by atoms with Crippen molar-refractivity contribution in [3.8, 4) is 0 Å². The van der Waals surface area contributed by atoms with Crippen molar-refractivity contribution < 1.29 is 22.5 Å². The van der Waals surface area contributed by atoms with Gasteiger partial charge in [0.15, 0.2) is 9.84 Å². The molecule has 1 aliphatic rings. The van der Waals surface area contributed by atoms with Gasteiger partial charge in [0.05, 0.1) is 15.9 Å². The summed E-state index contributed by atoms with van der Waals surface area (Å²) >= 11 is 0. The number of nitrogens with zero attached hydrogens (tertiary/aromatic N) is 2. The maximum Gasteiger partial charge on any atom is 0.273 e. The SMILES string of the molecule is Cc1c(C(=O)N2CCC(c3ccccc3F)S(=O)(=O)CC2)cccc1[N+](=O)[O-]. The average Bonchev–Trinajstić information content (AvgIpc) is 2.80. The van der Waals surface area contributed by atoms with Gasteiger partial charge in [-0.3, -0.25) is 14.9 Å². The summed E-state index contributed by atoms with van der Waals surface area (Å²) in [5, 5.41) is 10.1. The molecule has 0 saturated carbocycles. The number of nitro benzene ring substituents is 1. The van der Waals surface area contributed by atoms with E-state index < -0.39 is 31.7 Å². The minimum atomic E-state index is -3.66. The summed E-state index contributed by atoms with van der Waals surface area (Å²) in [5.74, 6) is -1.36. The molecule has 7 nitrogen and oxygen atoms in total. The molecule has 1 aliphatic heterocycles. The second-order valence-corrected chi connectivity index (χ2v) is 8.97. The molecule has 1 atom stereocenters. The Morgan fingerprint density at radius 1 is 1.18 bits per heavy atom. The van der Waals surface area contributed by atoms with E-state index in [1.165, 1.54) is 48.2 Å². The number of hydrogen-bond acceptors (Lipinski definition) is 5. The highest BCUT2D eigenvalue weighted by atomic mass is 32.2. The van der Waals surface area contributed by atoms with Crippen molar-refractivity contribution in [3.05, 3.63) is 75.1 Å². The lowest BCUT2D eigenvalue weighted by molar-refractivity contribution is -0.385. The molecule has 1 fully saturated rings. The van der Waals surface area contributed by atoms with Crippen LogP contribution in [0.15, 0.2) is 42.5 Å². The van der Waals surface area contributed by atoms with Crippen LogP contribution in [0.4, 0.5) is 10.1 Å². The highest BCUT2D eigenvalue weighted by molar-refractivity contribution is 7.91. The first-order valence-corrected chi connectivity index (χ1v) is 10.4. The van der Waals surface area contributed by atoms with Crippen molar-refractivity contribution in [1.29, 1.82) is 0 Å². The monoisotopic (exact) mass is 406 g/mol. The maximum absolute atomic E-state index is 14.1. The van der Waals surface area contributed by atoms with Gasteiger partial charge >= 0.3 is 0 Å². The van der Waals surface area contributed by atoms with E-state index in [9.17, 15) is 27.7 Å². The molecule has 0 bridgehead atoms. The zero-order valence-corrected chi connectivity index (χ0v) is 16.0. The fourth-order valence-electron chi connectivity index (χ4n) is 3.46. The molecule has 0 aromatic heterocycles. The first-order valence-electron chi connectivity index (χ1n) is 8.71. The summed E-state index contributed by atoms with van der Waals surface area (Å²) in [4.78, 5) is 24.8. The highest BCUT2D eigenvalue weighted by Crippen LogP contribution is 2.32. The predicted molar refractivity (Wildman–Crippen MR) is 101 cm³/mol. The van der Waals surface area contributed by atoms with E-state index in [1.54, 1.807) is 6.07 Å². The second-order valence-electron chi connectivity index (χ2n) is 6.66. The van der Waals surface area contributed by atoms with Gasteiger partial charge in [0.1, 0.15) is 5.82 Å². The van der Waals surface area contributed by atoms with Crippen molar-refractivity contribution >= 4 is 21.4 Å². The molecule has 0 spiro atoms. The first-order chi connectivity index (χ1) is 13.2. The standard InChI is InChI=1S/C19H19FN2O5S/c1-13-14(6-4-8-17(13)22(24)25)19(23)21-10-9-18(28(26,27)12-11-21)15-5-2-3-7-16(15)20/h2-8,18H,9-12H2,1H3. The first kappa shape index (κ1) is 19.9. The Morgan fingerprint density at radius 3 is 2.57 bits per heavy atom. The number of benzene rings is 2. The molecule has 1 amide bonds. The van der Waals surface area contributed by atoms with Gasteiger partial charge in [-0.2, -0.15) is 0 Å². The zero-order chi connectivity index (χ0) is 20.5. The number of rotatable bonds is 3. The fourth-order valence-corrected chi connectivity index (χ4v) is 5.26. The van der Waals surface area contributed by atoms with E-state index in [4.69, 9.17) is 0 Å². The molecule has 28 heavy (non-hydrogen) atoms. The third-order valence-corrected chi connectivity index (χ3v) is 7.12. The van der Waals surface area contributed by atoms with Crippen molar-refractivity contribution in [2.24, 2.45) is 0 Å². The van der Waals surface area contributed by atoms with Crippen molar-refractivity contribution in [2.45, 2.75) is 18.6 Å². The number of amides is 1. The van der Waals surface area contributed by atoms with Crippen LogP contribution >= 0.6 is 0 Å². The van der Waals surface area contributed by atoms with E-state index in [-0.39, 0.29) is 47.6 Å². The van der Waals surface area contributed by atoms with Crippen LogP contribution in [0.2, 0.25) is 0 Å². The summed E-state index contributed by atoms with van der Waals surface area (Å²) in [6, 6.07) is 9.95. The van der Waals surface area contributed by atoms with E-state index >= 15 is 0 Å². The van der Waals surface area contributed by atoms with Crippen LogP contribution in [0.5, 0.6) is 0 Å². The molecule has 3 rings (SSSR count). The zero-order valence-electron chi connectivity index (χ0n) is 15.2. The van der Waals surface area contributed by atoms with Crippen LogP contribution in [0, 0.1) is 22.9 Å². The highest BCUT2D eigenvalue weighted by Gasteiger charge is 2.34. The smallest absolute Gasteiger partial charge is 0.273 e. The normalized spacial score (nSPS) is 19.1. The Balaban J connectivity index is 1.89. The Morgan fingerprint density at radius 2 is 1.89 bits per heavy atom. The van der Waals surface area contributed by atoms with Gasteiger partial charge in [0.25, 0.3) is 11.6 Å². The lowest BCUT2D eigenvalue weighted by Gasteiger charge is -2.21. The molecule has 9 heteroatoms. The van der Waals surface area contributed by atoms with Crippen molar-refractivity contribution in [1.82, 2.24) is 4.90 Å². The van der Waals surface area contributed by atoms with Crippen molar-refractivity contribution in [3.63, 3.8) is 0 Å². The van der Waals surface area contributed by atoms with Crippen LogP contribution < -0.4 is 0 Å². The Labute approximate surface area is 161 Å². The number of nitro groups is 1. The Kier molecular flexibility index (Phi) is 5.46. The molecule has 148 valence electrons. The largest absolute Gasteiger partial charge is 0.338 e. The van der Waals surface area contributed by atoms with Gasteiger partial charge in [-0.15, -0.1) is 0 Å². The minimum Gasteiger partial charge on any atom is -0.338 e. The molecule has 0 radical (unpaired) electrons. The predicted octanol–water partition coefficient (Wildman–Crippen LogP) is 3.04. The quantitative estimate of drug-likeness (QED) is 0.576. The molecule has 1 unspecified atom stereocenters. The van der Waals surface area contributed by atoms with Gasteiger partial charge in [-0.05, 0) is 25.5 Å². The van der Waals surface area contributed by atoms with E-state index in [2.05, 4.69) is 0 Å². The molecule has 0 aliphatic carbocycles. The topological polar surface area (TPSA) is 97.6 Å². The minimum absolute atomic E-state index is 0.0474. The van der Waals surface area contributed by atoms with Crippen molar-refractivity contribution in [2.75, 3.05) is 18.8 Å². The third-order valence-electron chi connectivity index (χ3n) is 5.01. The van der Waals surface area contributed by atoms with Gasteiger partial charge in [-0.1, -0.05) is 24.3 Å². The summed E-state index contributed by atoms with van der Waals surface area (Å²) in [6.45, 7) is 1.55. The number of hydrogen-bond donors (Lipinski definition) is 0.